The van der Waals surface area contributed by atoms with E-state index in [0.717, 1.165) is 30.4 Å². The first kappa shape index (κ1) is 14.3. The van der Waals surface area contributed by atoms with Crippen LogP contribution >= 0.6 is 0 Å². The molecule has 0 bridgehead atoms. The summed E-state index contributed by atoms with van der Waals surface area (Å²) in [5.74, 6) is -0.800. The van der Waals surface area contributed by atoms with E-state index in [1.807, 2.05) is 30.3 Å². The highest BCUT2D eigenvalue weighted by molar-refractivity contribution is 5.94. The average Bonchev–Trinajstić information content (AvgIpc) is 2.83. The first-order valence-electron chi connectivity index (χ1n) is 6.82. The number of benzene rings is 1. The number of esters is 1. The van der Waals surface area contributed by atoms with Crippen LogP contribution in [0.3, 0.4) is 0 Å². The minimum atomic E-state index is -0.505. The monoisotopic (exact) mass is 273 g/mol. The van der Waals surface area contributed by atoms with Crippen molar-refractivity contribution in [3.63, 3.8) is 0 Å². The Morgan fingerprint density at radius 2 is 2.05 bits per heavy atom. The van der Waals surface area contributed by atoms with E-state index in [4.69, 9.17) is 4.74 Å². The van der Waals surface area contributed by atoms with Gasteiger partial charge in [0.25, 0.3) is 0 Å². The van der Waals surface area contributed by atoms with Crippen molar-refractivity contribution in [2.75, 3.05) is 0 Å². The van der Waals surface area contributed by atoms with Crippen LogP contribution in [0.4, 0.5) is 0 Å². The maximum absolute atomic E-state index is 11.7. The van der Waals surface area contributed by atoms with Crippen molar-refractivity contribution in [3.8, 4) is 0 Å². The zero-order chi connectivity index (χ0) is 14.4. The van der Waals surface area contributed by atoms with Gasteiger partial charge in [-0.3, -0.25) is 9.59 Å². The molecule has 0 saturated heterocycles. The maximum Gasteiger partial charge on any atom is 0.315 e. The molecule has 2 rings (SSSR count). The molecule has 1 unspecified atom stereocenters. The predicted molar refractivity (Wildman–Crippen MR) is 75.8 cm³/mol. The summed E-state index contributed by atoms with van der Waals surface area (Å²) < 4.78 is 5.07. The van der Waals surface area contributed by atoms with E-state index in [0.29, 0.717) is 0 Å². The van der Waals surface area contributed by atoms with Crippen molar-refractivity contribution in [2.24, 2.45) is 0 Å². The molecule has 0 radical (unpaired) electrons. The molecule has 20 heavy (non-hydrogen) atoms. The number of amides is 1. The van der Waals surface area contributed by atoms with E-state index in [9.17, 15) is 9.59 Å². The molecule has 106 valence electrons. The molecule has 0 aliphatic heterocycles. The number of carbonyl (C=O) groups excluding carboxylic acids is 2. The van der Waals surface area contributed by atoms with Gasteiger partial charge in [0.2, 0.25) is 5.91 Å². The first-order chi connectivity index (χ1) is 9.65. The van der Waals surface area contributed by atoms with Crippen LogP contribution in [0.15, 0.2) is 42.5 Å². The number of hydrogen-bond acceptors (Lipinski definition) is 3. The molecule has 4 heteroatoms. The topological polar surface area (TPSA) is 55.4 Å². The summed E-state index contributed by atoms with van der Waals surface area (Å²) in [6.07, 6.45) is 2.66. The summed E-state index contributed by atoms with van der Waals surface area (Å²) in [5, 5.41) is 2.82. The number of rotatable bonds is 5. The lowest BCUT2D eigenvalue weighted by atomic mass is 10.2. The van der Waals surface area contributed by atoms with Gasteiger partial charge in [-0.15, -0.1) is 0 Å². The second-order valence-electron chi connectivity index (χ2n) is 4.99. The van der Waals surface area contributed by atoms with Crippen molar-refractivity contribution < 1.29 is 14.3 Å². The third kappa shape index (κ3) is 4.23. The second-order valence-corrected chi connectivity index (χ2v) is 4.99. The molecule has 0 aromatic heterocycles. The Kier molecular flexibility index (Phi) is 4.93. The zero-order valence-corrected chi connectivity index (χ0v) is 11.4. The largest absolute Gasteiger partial charge is 0.460 e. The minimum Gasteiger partial charge on any atom is -0.460 e. The molecule has 1 amide bonds. The van der Waals surface area contributed by atoms with Crippen LogP contribution in [0.2, 0.25) is 0 Å². The lowest BCUT2D eigenvalue weighted by Gasteiger charge is -2.13. The molecule has 0 spiro atoms. The zero-order valence-electron chi connectivity index (χ0n) is 11.4. The molecular formula is C16H19NO3. The second kappa shape index (κ2) is 6.89. The Morgan fingerprint density at radius 3 is 2.70 bits per heavy atom. The van der Waals surface area contributed by atoms with Crippen molar-refractivity contribution >= 4 is 11.9 Å². The van der Waals surface area contributed by atoms with Gasteiger partial charge in [0.05, 0.1) is 0 Å². The van der Waals surface area contributed by atoms with Crippen molar-refractivity contribution in [2.45, 2.75) is 38.3 Å². The SMILES string of the molecule is C=C1CCCC1NC(=O)CC(=O)OCc1ccccc1. The van der Waals surface area contributed by atoms with E-state index in [1.165, 1.54) is 0 Å². The highest BCUT2D eigenvalue weighted by Crippen LogP contribution is 2.22. The number of nitrogens with one attached hydrogen (secondary N) is 1. The molecule has 1 aromatic rings. The smallest absolute Gasteiger partial charge is 0.315 e. The van der Waals surface area contributed by atoms with Gasteiger partial charge in [0, 0.05) is 6.04 Å². The van der Waals surface area contributed by atoms with Gasteiger partial charge in [0.1, 0.15) is 13.0 Å². The van der Waals surface area contributed by atoms with E-state index < -0.39 is 5.97 Å². The van der Waals surface area contributed by atoms with Crippen LogP contribution < -0.4 is 5.32 Å². The maximum atomic E-state index is 11.7. The first-order valence-corrected chi connectivity index (χ1v) is 6.82. The van der Waals surface area contributed by atoms with Gasteiger partial charge in [-0.25, -0.2) is 0 Å². The van der Waals surface area contributed by atoms with Gasteiger partial charge in [-0.2, -0.15) is 0 Å². The standard InChI is InChI=1S/C16H19NO3/c1-12-6-5-9-14(12)17-15(18)10-16(19)20-11-13-7-3-2-4-8-13/h2-4,7-8,14H,1,5-6,9-11H2,(H,17,18). The molecular weight excluding hydrogens is 254 g/mol. The summed E-state index contributed by atoms with van der Waals surface area (Å²) in [7, 11) is 0. The normalized spacial score (nSPS) is 17.8. The van der Waals surface area contributed by atoms with Crippen LogP contribution in [0.5, 0.6) is 0 Å². The number of ether oxygens (including phenoxy) is 1. The fourth-order valence-corrected chi connectivity index (χ4v) is 2.25. The quantitative estimate of drug-likeness (QED) is 0.509. The highest BCUT2D eigenvalue weighted by Gasteiger charge is 2.22. The molecule has 1 saturated carbocycles. The molecule has 1 atom stereocenters. The van der Waals surface area contributed by atoms with Crippen LogP contribution in [0.1, 0.15) is 31.2 Å². The van der Waals surface area contributed by atoms with Crippen molar-refractivity contribution in [1.82, 2.24) is 5.32 Å². The third-order valence-electron chi connectivity index (χ3n) is 3.37. The minimum absolute atomic E-state index is 0.0180. The van der Waals surface area contributed by atoms with Gasteiger partial charge in [-0.1, -0.05) is 42.5 Å². The Hall–Kier alpha value is -2.10. The van der Waals surface area contributed by atoms with Crippen molar-refractivity contribution in [1.29, 1.82) is 0 Å². The van der Waals surface area contributed by atoms with Crippen LogP contribution in [0, 0.1) is 0 Å². The van der Waals surface area contributed by atoms with Gasteiger partial charge in [-0.05, 0) is 24.8 Å². The fourth-order valence-electron chi connectivity index (χ4n) is 2.25. The van der Waals surface area contributed by atoms with E-state index >= 15 is 0 Å². The van der Waals surface area contributed by atoms with Crippen molar-refractivity contribution in [3.05, 3.63) is 48.0 Å². The molecule has 1 fully saturated rings. The summed E-state index contributed by atoms with van der Waals surface area (Å²) in [6, 6.07) is 9.41. The molecule has 4 nitrogen and oxygen atoms in total. The number of carbonyl (C=O) groups is 2. The molecule has 1 aliphatic carbocycles. The van der Waals surface area contributed by atoms with Crippen LogP contribution in [0.25, 0.3) is 0 Å². The Balaban J connectivity index is 1.71. The predicted octanol–water partition coefficient (Wildman–Crippen LogP) is 2.34. The van der Waals surface area contributed by atoms with Gasteiger partial charge < -0.3 is 10.1 Å². The van der Waals surface area contributed by atoms with Crippen LogP contribution in [-0.4, -0.2) is 17.9 Å². The summed E-state index contributed by atoms with van der Waals surface area (Å²) >= 11 is 0. The summed E-state index contributed by atoms with van der Waals surface area (Å²) in [5.41, 5.74) is 1.95. The molecule has 1 aromatic carbocycles. The van der Waals surface area contributed by atoms with E-state index in [1.54, 1.807) is 0 Å². The average molecular weight is 273 g/mol. The fraction of sp³-hybridized carbons (Fsp3) is 0.375. The molecule has 1 aliphatic rings. The van der Waals surface area contributed by atoms with Gasteiger partial charge in [0.15, 0.2) is 0 Å². The lowest BCUT2D eigenvalue weighted by Crippen LogP contribution is -2.35. The summed E-state index contributed by atoms with van der Waals surface area (Å²) in [6.45, 7) is 4.11. The lowest BCUT2D eigenvalue weighted by molar-refractivity contribution is -0.147. The van der Waals surface area contributed by atoms with Crippen LogP contribution in [-0.2, 0) is 20.9 Å². The van der Waals surface area contributed by atoms with Gasteiger partial charge >= 0.3 is 5.97 Å². The Bertz CT molecular complexity index is 496. The van der Waals surface area contributed by atoms with E-state index in [2.05, 4.69) is 11.9 Å². The number of hydrogen-bond donors (Lipinski definition) is 1. The van der Waals surface area contributed by atoms with E-state index in [-0.39, 0.29) is 25.0 Å². The molecule has 0 heterocycles. The highest BCUT2D eigenvalue weighted by atomic mass is 16.5. The Morgan fingerprint density at radius 1 is 1.30 bits per heavy atom. The third-order valence-corrected chi connectivity index (χ3v) is 3.37. The Labute approximate surface area is 118 Å². The molecule has 1 N–H and O–H groups in total. The summed E-state index contributed by atoms with van der Waals surface area (Å²) in [4.78, 5) is 23.3.